The van der Waals surface area contributed by atoms with E-state index >= 15 is 0 Å². The first-order chi connectivity index (χ1) is 10.7. The normalized spacial score (nSPS) is 17.7. The molecule has 1 aromatic carbocycles. The van der Waals surface area contributed by atoms with Crippen LogP contribution < -0.4 is 15.8 Å². The topological polar surface area (TPSA) is 67.6 Å². The second-order valence-electron chi connectivity index (χ2n) is 5.61. The zero-order valence-electron chi connectivity index (χ0n) is 13.6. The number of carbonyl (C=O) groups excluding carboxylic acids is 1. The number of nitrogens with zero attached hydrogens (tertiary/aromatic N) is 1. The van der Waals surface area contributed by atoms with Gasteiger partial charge in [0.1, 0.15) is 5.75 Å². The van der Waals surface area contributed by atoms with Crippen LogP contribution in [0.3, 0.4) is 0 Å². The Hall–Kier alpha value is -1.59. The maximum atomic E-state index is 12.9. The number of carbonyl (C=O) groups is 1. The molecule has 0 amide bonds. The predicted molar refractivity (Wildman–Crippen MR) is 89.5 cm³/mol. The number of nitrogens with two attached hydrogens (primary N) is 1. The van der Waals surface area contributed by atoms with E-state index < -0.39 is 0 Å². The van der Waals surface area contributed by atoms with Gasteiger partial charge in [0.25, 0.3) is 0 Å². The lowest BCUT2D eigenvalue weighted by molar-refractivity contribution is 0.0820. The van der Waals surface area contributed by atoms with Crippen molar-refractivity contribution in [3.05, 3.63) is 23.8 Å². The van der Waals surface area contributed by atoms with Gasteiger partial charge in [-0.15, -0.1) is 0 Å². The van der Waals surface area contributed by atoms with E-state index in [1.165, 1.54) is 0 Å². The second kappa shape index (κ2) is 8.15. The molecule has 0 saturated carbocycles. The maximum Gasteiger partial charge on any atom is 0.180 e. The Balaban J connectivity index is 2.15. The molecule has 1 heterocycles. The fraction of sp³-hybridized carbons (Fsp3) is 0.588. The average Bonchev–Trinajstić information content (AvgIpc) is 2.79. The summed E-state index contributed by atoms with van der Waals surface area (Å²) in [7, 11) is 0. The van der Waals surface area contributed by atoms with Crippen LogP contribution in [-0.4, -0.2) is 49.5 Å². The molecule has 0 spiro atoms. The highest BCUT2D eigenvalue weighted by Gasteiger charge is 2.26. The van der Waals surface area contributed by atoms with Crippen molar-refractivity contribution in [3.63, 3.8) is 0 Å². The van der Waals surface area contributed by atoms with Gasteiger partial charge in [-0.3, -0.25) is 9.69 Å². The summed E-state index contributed by atoms with van der Waals surface area (Å²) >= 11 is 0. The van der Waals surface area contributed by atoms with Crippen LogP contribution in [0.4, 0.5) is 5.69 Å². The van der Waals surface area contributed by atoms with Crippen LogP contribution in [0.15, 0.2) is 18.2 Å². The Morgan fingerprint density at radius 1 is 1.36 bits per heavy atom. The van der Waals surface area contributed by atoms with Gasteiger partial charge in [0, 0.05) is 25.2 Å². The SMILES string of the molecule is CCOc1ccc(C(=O)C(CC)N2CCCNCC2)cc1N. The van der Waals surface area contributed by atoms with Crippen molar-refractivity contribution in [2.75, 3.05) is 38.5 Å². The Morgan fingerprint density at radius 2 is 2.18 bits per heavy atom. The summed E-state index contributed by atoms with van der Waals surface area (Å²) in [6, 6.07) is 5.29. The zero-order valence-corrected chi connectivity index (χ0v) is 13.6. The number of nitrogen functional groups attached to an aromatic ring is 1. The van der Waals surface area contributed by atoms with E-state index in [0.717, 1.165) is 39.0 Å². The lowest BCUT2D eigenvalue weighted by atomic mass is 9.99. The smallest absolute Gasteiger partial charge is 0.180 e. The van der Waals surface area contributed by atoms with E-state index in [1.807, 2.05) is 13.0 Å². The highest BCUT2D eigenvalue weighted by Crippen LogP contribution is 2.24. The highest BCUT2D eigenvalue weighted by atomic mass is 16.5. The van der Waals surface area contributed by atoms with Gasteiger partial charge in [-0.1, -0.05) is 6.92 Å². The molecule has 122 valence electrons. The Labute approximate surface area is 132 Å². The highest BCUT2D eigenvalue weighted by molar-refractivity contribution is 6.01. The molecule has 0 bridgehead atoms. The third-order valence-electron chi connectivity index (χ3n) is 4.10. The van der Waals surface area contributed by atoms with Crippen LogP contribution in [0.5, 0.6) is 5.75 Å². The van der Waals surface area contributed by atoms with Gasteiger partial charge in [-0.05, 0) is 44.5 Å². The van der Waals surface area contributed by atoms with Crippen molar-refractivity contribution in [1.29, 1.82) is 0 Å². The molecule has 22 heavy (non-hydrogen) atoms. The molecule has 0 aliphatic carbocycles. The minimum atomic E-state index is -0.0720. The molecule has 3 N–H and O–H groups in total. The van der Waals surface area contributed by atoms with Crippen molar-refractivity contribution in [2.24, 2.45) is 0 Å². The zero-order chi connectivity index (χ0) is 15.9. The third kappa shape index (κ3) is 3.99. The largest absolute Gasteiger partial charge is 0.492 e. The molecule has 1 aromatic rings. The van der Waals surface area contributed by atoms with Crippen LogP contribution in [0.2, 0.25) is 0 Å². The number of rotatable bonds is 6. The molecule has 5 heteroatoms. The lowest BCUT2D eigenvalue weighted by Gasteiger charge is -2.28. The summed E-state index contributed by atoms with van der Waals surface area (Å²) in [5.41, 5.74) is 7.19. The van der Waals surface area contributed by atoms with Gasteiger partial charge < -0.3 is 15.8 Å². The summed E-state index contributed by atoms with van der Waals surface area (Å²) in [5.74, 6) is 0.796. The molecule has 1 aliphatic rings. The number of ether oxygens (including phenoxy) is 1. The number of Topliss-reactive ketones (excluding diaryl/α,β-unsaturated/α-hetero) is 1. The molecule has 0 aromatic heterocycles. The standard InChI is InChI=1S/C17H27N3O2/c1-3-15(20-10-5-8-19-9-11-20)17(21)13-6-7-16(22-4-2)14(18)12-13/h6-7,12,15,19H,3-5,8-11,18H2,1-2H3. The molecule has 1 unspecified atom stereocenters. The summed E-state index contributed by atoms with van der Waals surface area (Å²) in [6.45, 7) is 8.39. The number of benzene rings is 1. The van der Waals surface area contributed by atoms with E-state index in [1.54, 1.807) is 12.1 Å². The van der Waals surface area contributed by atoms with E-state index in [2.05, 4.69) is 17.1 Å². The molecule has 0 radical (unpaired) electrons. The molecule has 5 nitrogen and oxygen atoms in total. The summed E-state index contributed by atoms with van der Waals surface area (Å²) in [5, 5.41) is 3.38. The maximum absolute atomic E-state index is 12.9. The molecule has 2 rings (SSSR count). The van der Waals surface area contributed by atoms with Crippen LogP contribution in [-0.2, 0) is 0 Å². The van der Waals surface area contributed by atoms with Crippen molar-refractivity contribution in [3.8, 4) is 5.75 Å². The number of hydrogen-bond donors (Lipinski definition) is 2. The summed E-state index contributed by atoms with van der Waals surface area (Å²) in [4.78, 5) is 15.1. The van der Waals surface area contributed by atoms with Crippen molar-refractivity contribution in [2.45, 2.75) is 32.7 Å². The monoisotopic (exact) mass is 305 g/mol. The fourth-order valence-corrected chi connectivity index (χ4v) is 2.97. The third-order valence-corrected chi connectivity index (χ3v) is 4.10. The predicted octanol–water partition coefficient (Wildman–Crippen LogP) is 1.92. The first kappa shape index (κ1) is 16.8. The number of hydrogen-bond acceptors (Lipinski definition) is 5. The molecule has 1 saturated heterocycles. The van der Waals surface area contributed by atoms with E-state index in [9.17, 15) is 4.79 Å². The first-order valence-corrected chi connectivity index (χ1v) is 8.18. The minimum absolute atomic E-state index is 0.0720. The van der Waals surface area contributed by atoms with Gasteiger partial charge >= 0.3 is 0 Å². The van der Waals surface area contributed by atoms with Gasteiger partial charge in [0.15, 0.2) is 5.78 Å². The van der Waals surface area contributed by atoms with Crippen LogP contribution in [0.25, 0.3) is 0 Å². The fourth-order valence-electron chi connectivity index (χ4n) is 2.97. The van der Waals surface area contributed by atoms with Crippen LogP contribution in [0.1, 0.15) is 37.0 Å². The number of nitrogens with one attached hydrogen (secondary N) is 1. The number of ketones is 1. The van der Waals surface area contributed by atoms with Crippen molar-refractivity contribution < 1.29 is 9.53 Å². The van der Waals surface area contributed by atoms with E-state index in [4.69, 9.17) is 10.5 Å². The second-order valence-corrected chi connectivity index (χ2v) is 5.61. The first-order valence-electron chi connectivity index (χ1n) is 8.18. The molecular weight excluding hydrogens is 278 g/mol. The van der Waals surface area contributed by atoms with Gasteiger partial charge in [-0.2, -0.15) is 0 Å². The van der Waals surface area contributed by atoms with E-state index in [-0.39, 0.29) is 11.8 Å². The Kier molecular flexibility index (Phi) is 6.21. The number of anilines is 1. The summed E-state index contributed by atoms with van der Waals surface area (Å²) < 4.78 is 5.44. The summed E-state index contributed by atoms with van der Waals surface area (Å²) in [6.07, 6.45) is 1.89. The minimum Gasteiger partial charge on any atom is -0.492 e. The van der Waals surface area contributed by atoms with Gasteiger partial charge in [-0.25, -0.2) is 0 Å². The van der Waals surface area contributed by atoms with Crippen molar-refractivity contribution >= 4 is 11.5 Å². The van der Waals surface area contributed by atoms with Crippen LogP contribution >= 0.6 is 0 Å². The molecule has 1 fully saturated rings. The quantitative estimate of drug-likeness (QED) is 0.621. The van der Waals surface area contributed by atoms with Gasteiger partial charge in [0.2, 0.25) is 0 Å². The lowest BCUT2D eigenvalue weighted by Crippen LogP contribution is -2.42. The molecular formula is C17H27N3O2. The average molecular weight is 305 g/mol. The molecule has 1 aliphatic heterocycles. The Morgan fingerprint density at radius 3 is 2.86 bits per heavy atom. The van der Waals surface area contributed by atoms with Crippen molar-refractivity contribution in [1.82, 2.24) is 10.2 Å². The van der Waals surface area contributed by atoms with Gasteiger partial charge in [0.05, 0.1) is 18.3 Å². The Bertz CT molecular complexity index is 497. The van der Waals surface area contributed by atoms with Crippen LogP contribution in [0, 0.1) is 0 Å². The molecule has 1 atom stereocenters. The van der Waals surface area contributed by atoms with E-state index in [0.29, 0.717) is 23.6 Å².